The van der Waals surface area contributed by atoms with Gasteiger partial charge in [0.05, 0.1) is 5.69 Å². The van der Waals surface area contributed by atoms with E-state index in [4.69, 9.17) is 11.6 Å². The lowest BCUT2D eigenvalue weighted by Gasteiger charge is -2.36. The van der Waals surface area contributed by atoms with Crippen LogP contribution in [0.15, 0.2) is 42.5 Å². The highest BCUT2D eigenvalue weighted by Crippen LogP contribution is 2.23. The lowest BCUT2D eigenvalue weighted by atomic mass is 10.1. The van der Waals surface area contributed by atoms with Crippen molar-refractivity contribution in [2.45, 2.75) is 13.3 Å². The van der Waals surface area contributed by atoms with Gasteiger partial charge in [0.2, 0.25) is 0 Å². The van der Waals surface area contributed by atoms with Gasteiger partial charge < -0.3 is 4.90 Å². The quantitative estimate of drug-likeness (QED) is 0.752. The maximum absolute atomic E-state index is 14.3. The van der Waals surface area contributed by atoms with Crippen LogP contribution in [0, 0.1) is 5.82 Å². The van der Waals surface area contributed by atoms with Crippen molar-refractivity contribution in [3.05, 3.63) is 64.4 Å². The standard InChI is InChI=1S/C20H22ClFN2O/c1-15(25)17-6-7-20(19(22)14-17)24-12-10-23(11-13-24)9-8-16-4-2-3-5-18(16)21/h2-7,14H,8-13H2,1H3. The molecule has 3 rings (SSSR count). The summed E-state index contributed by atoms with van der Waals surface area (Å²) in [5.41, 5.74) is 2.16. The van der Waals surface area contributed by atoms with Crippen LogP contribution in [0.2, 0.25) is 5.02 Å². The number of hydrogen-bond acceptors (Lipinski definition) is 3. The Labute approximate surface area is 153 Å². The van der Waals surface area contributed by atoms with Crippen LogP contribution in [0.4, 0.5) is 10.1 Å². The van der Waals surface area contributed by atoms with E-state index in [1.165, 1.54) is 13.0 Å². The van der Waals surface area contributed by atoms with E-state index < -0.39 is 0 Å². The molecule has 0 aromatic heterocycles. The van der Waals surface area contributed by atoms with Crippen LogP contribution >= 0.6 is 11.6 Å². The number of benzene rings is 2. The molecule has 0 unspecified atom stereocenters. The monoisotopic (exact) mass is 360 g/mol. The molecule has 0 saturated carbocycles. The zero-order valence-corrected chi connectivity index (χ0v) is 15.1. The summed E-state index contributed by atoms with van der Waals surface area (Å²) in [6.07, 6.45) is 0.918. The molecule has 0 radical (unpaired) electrons. The van der Waals surface area contributed by atoms with Gasteiger partial charge in [-0.25, -0.2) is 4.39 Å². The lowest BCUT2D eigenvalue weighted by Crippen LogP contribution is -2.47. The number of anilines is 1. The molecule has 0 amide bonds. The zero-order valence-electron chi connectivity index (χ0n) is 14.3. The molecule has 1 aliphatic heterocycles. The van der Waals surface area contributed by atoms with Crippen LogP contribution in [0.1, 0.15) is 22.8 Å². The molecule has 2 aromatic carbocycles. The van der Waals surface area contributed by atoms with Gasteiger partial charge in [-0.3, -0.25) is 9.69 Å². The molecule has 0 N–H and O–H groups in total. The molecule has 1 aliphatic rings. The molecule has 1 saturated heterocycles. The number of Topliss-reactive ketones (excluding diaryl/α,β-unsaturated/α-hetero) is 1. The van der Waals surface area contributed by atoms with Gasteiger partial charge in [0, 0.05) is 43.3 Å². The Hall–Kier alpha value is -1.91. The third-order valence-corrected chi connectivity index (χ3v) is 5.09. The minimum absolute atomic E-state index is 0.116. The predicted molar refractivity (Wildman–Crippen MR) is 100 cm³/mol. The summed E-state index contributed by atoms with van der Waals surface area (Å²) in [4.78, 5) is 15.8. The van der Waals surface area contributed by atoms with Crippen LogP contribution in [-0.2, 0) is 6.42 Å². The number of hydrogen-bond donors (Lipinski definition) is 0. The second kappa shape index (κ2) is 7.98. The average molecular weight is 361 g/mol. The minimum atomic E-state index is -0.322. The first-order valence-electron chi connectivity index (χ1n) is 8.56. The summed E-state index contributed by atoms with van der Waals surface area (Å²) in [5.74, 6) is -0.438. The summed E-state index contributed by atoms with van der Waals surface area (Å²) < 4.78 is 14.3. The predicted octanol–water partition coefficient (Wildman–Crippen LogP) is 4.05. The van der Waals surface area contributed by atoms with Crippen molar-refractivity contribution in [3.8, 4) is 0 Å². The average Bonchev–Trinajstić information content (AvgIpc) is 2.61. The number of rotatable bonds is 5. The summed E-state index contributed by atoms with van der Waals surface area (Å²) in [5, 5.41) is 0.814. The SMILES string of the molecule is CC(=O)c1ccc(N2CCN(CCc3ccccc3Cl)CC2)c(F)c1. The first-order chi connectivity index (χ1) is 12.0. The molecule has 5 heteroatoms. The number of piperazine rings is 1. The van der Waals surface area contributed by atoms with Gasteiger partial charge in [-0.2, -0.15) is 0 Å². The van der Waals surface area contributed by atoms with Crippen LogP contribution in [0.25, 0.3) is 0 Å². The summed E-state index contributed by atoms with van der Waals surface area (Å²) >= 11 is 6.21. The van der Waals surface area contributed by atoms with E-state index in [1.807, 2.05) is 23.1 Å². The second-order valence-corrected chi connectivity index (χ2v) is 6.80. The molecule has 132 valence electrons. The van der Waals surface area contributed by atoms with E-state index in [2.05, 4.69) is 11.0 Å². The Balaban J connectivity index is 1.55. The number of nitrogens with zero attached hydrogens (tertiary/aromatic N) is 2. The lowest BCUT2D eigenvalue weighted by molar-refractivity contribution is 0.101. The Morgan fingerprint density at radius 1 is 1.12 bits per heavy atom. The Morgan fingerprint density at radius 2 is 1.84 bits per heavy atom. The van der Waals surface area contributed by atoms with Gasteiger partial charge >= 0.3 is 0 Å². The summed E-state index contributed by atoms with van der Waals surface area (Å²) in [7, 11) is 0. The molecule has 0 bridgehead atoms. The topological polar surface area (TPSA) is 23.6 Å². The van der Waals surface area contributed by atoms with Crippen molar-refractivity contribution in [1.82, 2.24) is 4.90 Å². The van der Waals surface area contributed by atoms with Gasteiger partial charge in [0.1, 0.15) is 5.82 Å². The first kappa shape index (κ1) is 17.9. The van der Waals surface area contributed by atoms with Crippen LogP contribution < -0.4 is 4.90 Å². The fraction of sp³-hybridized carbons (Fsp3) is 0.350. The molecule has 0 aliphatic carbocycles. The number of halogens is 2. The van der Waals surface area contributed by atoms with Gasteiger partial charge in [0.15, 0.2) is 5.78 Å². The maximum Gasteiger partial charge on any atom is 0.159 e. The van der Waals surface area contributed by atoms with Crippen LogP contribution in [0.3, 0.4) is 0 Å². The number of carbonyl (C=O) groups is 1. The summed E-state index contributed by atoms with van der Waals surface area (Å²) in [6, 6.07) is 12.7. The van der Waals surface area contributed by atoms with Crippen molar-refractivity contribution in [2.75, 3.05) is 37.6 Å². The van der Waals surface area contributed by atoms with E-state index >= 15 is 0 Å². The molecular weight excluding hydrogens is 339 g/mol. The molecule has 1 fully saturated rings. The van der Waals surface area contributed by atoms with Gasteiger partial charge in [-0.05, 0) is 43.2 Å². The van der Waals surface area contributed by atoms with Gasteiger partial charge in [-0.15, -0.1) is 0 Å². The van der Waals surface area contributed by atoms with Crippen LogP contribution in [0.5, 0.6) is 0 Å². The molecular formula is C20H22ClFN2O. The molecule has 1 heterocycles. The minimum Gasteiger partial charge on any atom is -0.367 e. The summed E-state index contributed by atoms with van der Waals surface area (Å²) in [6.45, 7) is 5.73. The first-order valence-corrected chi connectivity index (χ1v) is 8.93. The van der Waals surface area contributed by atoms with E-state index in [0.29, 0.717) is 11.3 Å². The van der Waals surface area contributed by atoms with E-state index in [9.17, 15) is 9.18 Å². The highest BCUT2D eigenvalue weighted by molar-refractivity contribution is 6.31. The molecule has 2 aromatic rings. The molecule has 0 spiro atoms. The van der Waals surface area contributed by atoms with E-state index in [-0.39, 0.29) is 11.6 Å². The Morgan fingerprint density at radius 3 is 2.48 bits per heavy atom. The maximum atomic E-state index is 14.3. The largest absolute Gasteiger partial charge is 0.367 e. The van der Waals surface area contributed by atoms with Gasteiger partial charge in [-0.1, -0.05) is 29.8 Å². The zero-order chi connectivity index (χ0) is 17.8. The van der Waals surface area contributed by atoms with E-state index in [0.717, 1.165) is 49.7 Å². The van der Waals surface area contributed by atoms with Crippen LogP contribution in [-0.4, -0.2) is 43.4 Å². The molecule has 0 atom stereocenters. The van der Waals surface area contributed by atoms with E-state index in [1.54, 1.807) is 12.1 Å². The van der Waals surface area contributed by atoms with Crippen molar-refractivity contribution in [3.63, 3.8) is 0 Å². The Bertz CT molecular complexity index is 757. The normalized spacial score (nSPS) is 15.4. The van der Waals surface area contributed by atoms with Gasteiger partial charge in [0.25, 0.3) is 0 Å². The second-order valence-electron chi connectivity index (χ2n) is 6.39. The fourth-order valence-electron chi connectivity index (χ4n) is 3.17. The fourth-order valence-corrected chi connectivity index (χ4v) is 3.40. The Kier molecular flexibility index (Phi) is 5.71. The third kappa shape index (κ3) is 4.39. The highest BCUT2D eigenvalue weighted by Gasteiger charge is 2.20. The van der Waals surface area contributed by atoms with Crippen molar-refractivity contribution >= 4 is 23.1 Å². The van der Waals surface area contributed by atoms with Crippen molar-refractivity contribution in [2.24, 2.45) is 0 Å². The smallest absolute Gasteiger partial charge is 0.159 e. The number of ketones is 1. The number of carbonyl (C=O) groups excluding carboxylic acids is 1. The third-order valence-electron chi connectivity index (χ3n) is 4.72. The molecule has 25 heavy (non-hydrogen) atoms. The van der Waals surface area contributed by atoms with Crippen molar-refractivity contribution in [1.29, 1.82) is 0 Å². The molecule has 3 nitrogen and oxygen atoms in total. The highest BCUT2D eigenvalue weighted by atomic mass is 35.5. The van der Waals surface area contributed by atoms with Crippen molar-refractivity contribution < 1.29 is 9.18 Å².